The molecular weight excluding hydrogens is 330 g/mol. The second-order valence-electron chi connectivity index (χ2n) is 4.94. The van der Waals surface area contributed by atoms with Crippen molar-refractivity contribution in [2.45, 2.75) is 0 Å². The molecule has 3 aromatic rings. The highest BCUT2D eigenvalue weighted by Gasteiger charge is 2.44. The topological polar surface area (TPSA) is 0 Å². The van der Waals surface area contributed by atoms with Gasteiger partial charge in [-0.15, -0.1) is 12.4 Å². The first kappa shape index (κ1) is 17.0. The first-order valence-electron chi connectivity index (χ1n) is 6.99. The predicted octanol–water partition coefficient (Wildman–Crippen LogP) is 4.60. The van der Waals surface area contributed by atoms with E-state index in [1.165, 1.54) is 15.9 Å². The molecule has 0 aliphatic carbocycles. The van der Waals surface area contributed by atoms with Crippen molar-refractivity contribution < 1.29 is 0 Å². The Morgan fingerprint density at radius 2 is 0.818 bits per heavy atom. The quantitative estimate of drug-likeness (QED) is 0.478. The molecule has 0 saturated carbocycles. The third-order valence-electron chi connectivity index (χ3n) is 3.77. The van der Waals surface area contributed by atoms with E-state index in [0.717, 1.165) is 0 Å². The minimum atomic E-state index is -1.77. The predicted molar refractivity (Wildman–Crippen MR) is 103 cm³/mol. The summed E-state index contributed by atoms with van der Waals surface area (Å²) in [6, 6.07) is 32.0. The van der Waals surface area contributed by atoms with E-state index in [1.807, 2.05) is 0 Å². The van der Waals surface area contributed by atoms with Gasteiger partial charge in [-0.05, 0) is 36.4 Å². The molecule has 0 heterocycles. The van der Waals surface area contributed by atoms with Crippen molar-refractivity contribution in [1.82, 2.24) is 0 Å². The molecule has 0 N–H and O–H groups in total. The van der Waals surface area contributed by atoms with Crippen LogP contribution in [0, 0.1) is 0 Å². The Morgan fingerprint density at radius 1 is 0.545 bits per heavy atom. The molecule has 3 heteroatoms. The Bertz CT molecular complexity index is 588. The molecule has 0 amide bonds. The van der Waals surface area contributed by atoms with E-state index in [2.05, 4.69) is 91.0 Å². The molecule has 0 aromatic heterocycles. The van der Waals surface area contributed by atoms with Crippen LogP contribution >= 0.6 is 31.3 Å². The maximum Gasteiger partial charge on any atom is 0.146 e. The number of hydrogen-bond acceptors (Lipinski definition) is 0. The molecule has 0 bridgehead atoms. The summed E-state index contributed by atoms with van der Waals surface area (Å²) < 4.78 is 0. The average Bonchev–Trinajstić information content (AvgIpc) is 2.59. The smallest absolute Gasteiger partial charge is 0.146 e. The molecule has 3 rings (SSSR count). The van der Waals surface area contributed by atoms with E-state index in [9.17, 15) is 0 Å². The van der Waals surface area contributed by atoms with Crippen molar-refractivity contribution in [3.63, 3.8) is 0 Å². The maximum atomic E-state index is 6.58. The van der Waals surface area contributed by atoms with Gasteiger partial charge >= 0.3 is 0 Å². The average molecular weight is 348 g/mol. The molecule has 0 radical (unpaired) electrons. The molecular formula is C19H18Cl2P+. The maximum absolute atomic E-state index is 6.58. The van der Waals surface area contributed by atoms with Gasteiger partial charge in [0.2, 0.25) is 0 Å². The van der Waals surface area contributed by atoms with Crippen molar-refractivity contribution in [1.29, 1.82) is 0 Å². The SMILES string of the molecule is Cl.ClC[P+](c1ccccc1)(c1ccccc1)c1ccccc1. The van der Waals surface area contributed by atoms with Gasteiger partial charge in [0.1, 0.15) is 28.8 Å². The van der Waals surface area contributed by atoms with Crippen LogP contribution in [0.15, 0.2) is 91.0 Å². The monoisotopic (exact) mass is 347 g/mol. The Morgan fingerprint density at radius 3 is 1.05 bits per heavy atom. The van der Waals surface area contributed by atoms with E-state index in [0.29, 0.717) is 5.62 Å². The van der Waals surface area contributed by atoms with E-state index >= 15 is 0 Å². The third-order valence-corrected chi connectivity index (χ3v) is 8.74. The molecule has 3 aromatic carbocycles. The Kier molecular flexibility index (Phi) is 6.03. The molecule has 112 valence electrons. The molecule has 22 heavy (non-hydrogen) atoms. The van der Waals surface area contributed by atoms with Crippen LogP contribution in [0.5, 0.6) is 0 Å². The summed E-state index contributed by atoms with van der Waals surface area (Å²) >= 11 is 6.58. The van der Waals surface area contributed by atoms with Gasteiger partial charge in [-0.25, -0.2) is 0 Å². The Labute approximate surface area is 143 Å². The Balaban J connectivity index is 0.00000176. The number of alkyl halides is 1. The molecule has 0 nitrogen and oxygen atoms in total. The van der Waals surface area contributed by atoms with Crippen LogP contribution in [-0.2, 0) is 0 Å². The largest absolute Gasteiger partial charge is 0.147 e. The second-order valence-corrected chi connectivity index (χ2v) is 9.06. The van der Waals surface area contributed by atoms with Crippen molar-refractivity contribution in [3.8, 4) is 0 Å². The van der Waals surface area contributed by atoms with Gasteiger partial charge in [0.25, 0.3) is 0 Å². The molecule has 0 saturated heterocycles. The van der Waals surface area contributed by atoms with E-state index in [-0.39, 0.29) is 12.4 Å². The lowest BCUT2D eigenvalue weighted by Crippen LogP contribution is -2.32. The van der Waals surface area contributed by atoms with Crippen LogP contribution in [0.25, 0.3) is 0 Å². The number of rotatable bonds is 4. The van der Waals surface area contributed by atoms with E-state index in [4.69, 9.17) is 11.6 Å². The number of halogens is 2. The highest BCUT2D eigenvalue weighted by atomic mass is 35.5. The van der Waals surface area contributed by atoms with E-state index in [1.54, 1.807) is 0 Å². The first-order chi connectivity index (χ1) is 10.4. The molecule has 0 aliphatic heterocycles. The van der Waals surface area contributed by atoms with Crippen molar-refractivity contribution in [2.24, 2.45) is 0 Å². The fourth-order valence-electron chi connectivity index (χ4n) is 2.70. The van der Waals surface area contributed by atoms with Crippen LogP contribution in [-0.4, -0.2) is 5.62 Å². The lowest BCUT2D eigenvalue weighted by atomic mass is 10.4. The molecule has 0 unspecified atom stereocenters. The minimum absolute atomic E-state index is 0. The minimum Gasteiger partial charge on any atom is -0.147 e. The zero-order chi connectivity index (χ0) is 14.5. The molecule has 0 spiro atoms. The van der Waals surface area contributed by atoms with Crippen LogP contribution in [0.2, 0.25) is 0 Å². The second kappa shape index (κ2) is 7.79. The van der Waals surface area contributed by atoms with Gasteiger partial charge < -0.3 is 0 Å². The van der Waals surface area contributed by atoms with Crippen LogP contribution in [0.3, 0.4) is 0 Å². The first-order valence-corrected chi connectivity index (χ1v) is 9.49. The zero-order valence-electron chi connectivity index (χ0n) is 12.1. The van der Waals surface area contributed by atoms with Crippen molar-refractivity contribution in [2.75, 3.05) is 5.62 Å². The van der Waals surface area contributed by atoms with Gasteiger partial charge in [0.15, 0.2) is 0 Å². The number of hydrogen-bond donors (Lipinski definition) is 0. The van der Waals surface area contributed by atoms with Crippen molar-refractivity contribution in [3.05, 3.63) is 91.0 Å². The lowest BCUT2D eigenvalue weighted by Gasteiger charge is -2.25. The summed E-state index contributed by atoms with van der Waals surface area (Å²) in [7, 11) is -1.77. The highest BCUT2D eigenvalue weighted by Crippen LogP contribution is 2.55. The summed E-state index contributed by atoms with van der Waals surface area (Å²) in [4.78, 5) is 0. The summed E-state index contributed by atoms with van der Waals surface area (Å²) in [5.74, 6) is 0. The van der Waals surface area contributed by atoms with E-state index < -0.39 is 7.26 Å². The third kappa shape index (κ3) is 3.06. The zero-order valence-corrected chi connectivity index (χ0v) is 14.6. The fraction of sp³-hybridized carbons (Fsp3) is 0.0526. The van der Waals surface area contributed by atoms with Gasteiger partial charge in [0.05, 0.1) is 0 Å². The van der Waals surface area contributed by atoms with Gasteiger partial charge in [-0.3, -0.25) is 0 Å². The van der Waals surface area contributed by atoms with Crippen molar-refractivity contribution >= 4 is 47.2 Å². The molecule has 0 aliphatic rings. The van der Waals surface area contributed by atoms with Gasteiger partial charge in [-0.2, -0.15) is 0 Å². The standard InChI is InChI=1S/C19H17ClP.ClH/c20-16-21(17-10-4-1-5-11-17,18-12-6-2-7-13-18)19-14-8-3-9-15-19;/h1-15H,16H2;1H/q+1;. The summed E-state index contributed by atoms with van der Waals surface area (Å²) in [6.45, 7) is 0. The summed E-state index contributed by atoms with van der Waals surface area (Å²) in [6.07, 6.45) is 0. The highest BCUT2D eigenvalue weighted by molar-refractivity contribution is 7.96. The number of benzene rings is 3. The molecule has 0 fully saturated rings. The Hall–Kier alpha value is -1.33. The van der Waals surface area contributed by atoms with Crippen LogP contribution < -0.4 is 15.9 Å². The summed E-state index contributed by atoms with van der Waals surface area (Å²) in [5.41, 5.74) is 0.616. The van der Waals surface area contributed by atoms with Gasteiger partial charge in [0, 0.05) is 0 Å². The van der Waals surface area contributed by atoms with Crippen LogP contribution in [0.1, 0.15) is 0 Å². The fourth-order valence-corrected chi connectivity index (χ4v) is 7.30. The normalized spacial score (nSPS) is 10.8. The van der Waals surface area contributed by atoms with Crippen LogP contribution in [0.4, 0.5) is 0 Å². The lowest BCUT2D eigenvalue weighted by molar-refractivity contribution is 1.71. The molecule has 0 atom stereocenters. The van der Waals surface area contributed by atoms with Gasteiger partial charge in [-0.1, -0.05) is 66.2 Å². The summed E-state index contributed by atoms with van der Waals surface area (Å²) in [5, 5.41) is 3.99.